The fourth-order valence-corrected chi connectivity index (χ4v) is 2.96. The van der Waals surface area contributed by atoms with E-state index < -0.39 is 5.97 Å². The summed E-state index contributed by atoms with van der Waals surface area (Å²) in [7, 11) is 1.58. The van der Waals surface area contributed by atoms with Crippen molar-refractivity contribution in [2.24, 2.45) is 0 Å². The fraction of sp³-hybridized carbons (Fsp3) is 0.467. The van der Waals surface area contributed by atoms with Crippen LogP contribution in [0.3, 0.4) is 0 Å². The number of hydrogen-bond donors (Lipinski definition) is 1. The Balaban J connectivity index is 2.22. The molecule has 2 atom stereocenters. The number of aryl methyl sites for hydroxylation is 1. The van der Waals surface area contributed by atoms with E-state index in [1.165, 1.54) is 0 Å². The largest absolute Gasteiger partial charge is 0.481 e. The van der Waals surface area contributed by atoms with Gasteiger partial charge in [-0.05, 0) is 31.0 Å². The van der Waals surface area contributed by atoms with Crippen LogP contribution in [0.1, 0.15) is 28.8 Å². The van der Waals surface area contributed by atoms with Crippen molar-refractivity contribution in [2.75, 3.05) is 13.7 Å². The van der Waals surface area contributed by atoms with E-state index in [-0.39, 0.29) is 24.5 Å². The lowest BCUT2D eigenvalue weighted by molar-refractivity contribution is -0.137. The minimum absolute atomic E-state index is 0.0569. The van der Waals surface area contributed by atoms with Crippen LogP contribution in [0.5, 0.6) is 0 Å². The summed E-state index contributed by atoms with van der Waals surface area (Å²) in [4.78, 5) is 25.2. The Morgan fingerprint density at radius 3 is 2.76 bits per heavy atom. The van der Waals surface area contributed by atoms with Crippen molar-refractivity contribution in [3.05, 3.63) is 33.8 Å². The second-order valence-corrected chi connectivity index (χ2v) is 6.12. The molecule has 2 unspecified atom stereocenters. The van der Waals surface area contributed by atoms with Gasteiger partial charge in [-0.15, -0.1) is 0 Å². The Kier molecular flexibility index (Phi) is 5.00. The lowest BCUT2D eigenvalue weighted by atomic mass is 10.1. The first-order chi connectivity index (χ1) is 9.92. The third-order valence-corrected chi connectivity index (χ3v) is 4.65. The fourth-order valence-electron chi connectivity index (χ4n) is 2.58. The normalized spacial score (nSPS) is 21.6. The number of benzene rings is 1. The third kappa shape index (κ3) is 3.63. The van der Waals surface area contributed by atoms with Crippen molar-refractivity contribution in [1.29, 1.82) is 0 Å². The molecule has 1 aromatic carbocycles. The van der Waals surface area contributed by atoms with Gasteiger partial charge in [0.25, 0.3) is 5.91 Å². The molecule has 1 fully saturated rings. The zero-order valence-corrected chi connectivity index (χ0v) is 13.6. The molecular weight excluding hydrogens is 338 g/mol. The van der Waals surface area contributed by atoms with Gasteiger partial charge in [0, 0.05) is 29.7 Å². The molecule has 1 aliphatic rings. The maximum atomic E-state index is 12.6. The van der Waals surface area contributed by atoms with E-state index in [1.54, 1.807) is 24.1 Å². The Morgan fingerprint density at radius 1 is 1.48 bits per heavy atom. The van der Waals surface area contributed by atoms with Gasteiger partial charge >= 0.3 is 5.97 Å². The van der Waals surface area contributed by atoms with Crippen LogP contribution >= 0.6 is 15.9 Å². The van der Waals surface area contributed by atoms with Crippen LogP contribution in [-0.2, 0) is 9.53 Å². The first kappa shape index (κ1) is 16.0. The van der Waals surface area contributed by atoms with E-state index in [0.29, 0.717) is 18.5 Å². The van der Waals surface area contributed by atoms with Crippen molar-refractivity contribution in [3.8, 4) is 0 Å². The molecule has 2 rings (SSSR count). The molecule has 0 radical (unpaired) electrons. The standard InChI is InChI=1S/C15H18BrNO4/c1-9-3-4-10(5-13(9)16)15(20)17-8-12(21-2)6-11(17)7-14(18)19/h3-5,11-12H,6-8H2,1-2H3,(H,18,19). The summed E-state index contributed by atoms with van der Waals surface area (Å²) in [6.45, 7) is 2.38. The van der Waals surface area contributed by atoms with Crippen molar-refractivity contribution >= 4 is 27.8 Å². The van der Waals surface area contributed by atoms with Crippen LogP contribution in [0.25, 0.3) is 0 Å². The lowest BCUT2D eigenvalue weighted by Crippen LogP contribution is -2.37. The number of rotatable bonds is 4. The van der Waals surface area contributed by atoms with Gasteiger partial charge in [-0.3, -0.25) is 9.59 Å². The molecule has 0 aromatic heterocycles. The molecule has 21 heavy (non-hydrogen) atoms. The Labute approximate surface area is 132 Å². The van der Waals surface area contributed by atoms with Crippen molar-refractivity contribution in [2.45, 2.75) is 31.9 Å². The second-order valence-electron chi connectivity index (χ2n) is 5.27. The van der Waals surface area contributed by atoms with Gasteiger partial charge in [0.15, 0.2) is 0 Å². The lowest BCUT2D eigenvalue weighted by Gasteiger charge is -2.23. The Hall–Kier alpha value is -1.40. The first-order valence-corrected chi connectivity index (χ1v) is 7.53. The SMILES string of the molecule is COC1CC(CC(=O)O)N(C(=O)c2ccc(C)c(Br)c2)C1. The number of aliphatic carboxylic acids is 1. The number of ether oxygens (including phenoxy) is 1. The second kappa shape index (κ2) is 6.58. The highest BCUT2D eigenvalue weighted by molar-refractivity contribution is 9.10. The number of likely N-dealkylation sites (tertiary alicyclic amines) is 1. The van der Waals surface area contributed by atoms with Crippen LogP contribution in [0.15, 0.2) is 22.7 Å². The average Bonchev–Trinajstić information content (AvgIpc) is 2.83. The maximum Gasteiger partial charge on any atom is 0.305 e. The van der Waals surface area contributed by atoms with Crippen LogP contribution in [0.4, 0.5) is 0 Å². The van der Waals surface area contributed by atoms with Gasteiger partial charge in [0.05, 0.1) is 12.5 Å². The highest BCUT2D eigenvalue weighted by Crippen LogP contribution is 2.26. The molecule has 1 aromatic rings. The molecule has 6 heteroatoms. The topological polar surface area (TPSA) is 66.8 Å². The molecule has 1 aliphatic heterocycles. The highest BCUT2D eigenvalue weighted by Gasteiger charge is 2.36. The molecule has 0 aliphatic carbocycles. The Bertz CT molecular complexity index is 561. The van der Waals surface area contributed by atoms with Crippen LogP contribution < -0.4 is 0 Å². The zero-order valence-electron chi connectivity index (χ0n) is 12.0. The minimum atomic E-state index is -0.903. The predicted molar refractivity (Wildman–Crippen MR) is 81.4 cm³/mol. The van der Waals surface area contributed by atoms with E-state index in [2.05, 4.69) is 15.9 Å². The number of carboxylic acids is 1. The van der Waals surface area contributed by atoms with Gasteiger partial charge in [-0.2, -0.15) is 0 Å². The predicted octanol–water partition coefficient (Wildman–Crippen LogP) is 2.46. The van der Waals surface area contributed by atoms with Crippen LogP contribution in [-0.4, -0.2) is 47.7 Å². The third-order valence-electron chi connectivity index (χ3n) is 3.80. The maximum absolute atomic E-state index is 12.6. The number of nitrogens with zero attached hydrogens (tertiary/aromatic N) is 1. The molecule has 0 spiro atoms. The smallest absolute Gasteiger partial charge is 0.305 e. The van der Waals surface area contributed by atoms with Crippen LogP contribution in [0.2, 0.25) is 0 Å². The van der Waals surface area contributed by atoms with Gasteiger partial charge in [0.2, 0.25) is 0 Å². The average molecular weight is 356 g/mol. The highest BCUT2D eigenvalue weighted by atomic mass is 79.9. The zero-order chi connectivity index (χ0) is 15.6. The summed E-state index contributed by atoms with van der Waals surface area (Å²) < 4.78 is 6.15. The number of halogens is 1. The van der Waals surface area contributed by atoms with Gasteiger partial charge in [0.1, 0.15) is 0 Å². The number of carbonyl (C=O) groups excluding carboxylic acids is 1. The summed E-state index contributed by atoms with van der Waals surface area (Å²) in [6, 6.07) is 5.09. The van der Waals surface area contributed by atoms with Crippen LogP contribution in [0, 0.1) is 6.92 Å². The number of hydrogen-bond acceptors (Lipinski definition) is 3. The summed E-state index contributed by atoms with van der Waals surface area (Å²) in [5.41, 5.74) is 1.60. The number of methoxy groups -OCH3 is 1. The molecule has 5 nitrogen and oxygen atoms in total. The molecule has 1 heterocycles. The van der Waals surface area contributed by atoms with E-state index in [9.17, 15) is 9.59 Å². The number of carboxylic acid groups (broad SMARTS) is 1. The molecular formula is C15H18BrNO4. The summed E-state index contributed by atoms with van der Waals surface area (Å²) >= 11 is 3.41. The summed E-state index contributed by atoms with van der Waals surface area (Å²) in [5.74, 6) is -1.05. The van der Waals surface area contributed by atoms with Crippen molar-refractivity contribution in [1.82, 2.24) is 4.90 Å². The molecule has 0 saturated carbocycles. The van der Waals surface area contributed by atoms with Crippen molar-refractivity contribution < 1.29 is 19.4 Å². The monoisotopic (exact) mass is 355 g/mol. The molecule has 1 N–H and O–H groups in total. The van der Waals surface area contributed by atoms with E-state index in [4.69, 9.17) is 9.84 Å². The summed E-state index contributed by atoms with van der Waals surface area (Å²) in [5, 5.41) is 9.00. The Morgan fingerprint density at radius 2 is 2.19 bits per heavy atom. The quantitative estimate of drug-likeness (QED) is 0.900. The molecule has 1 saturated heterocycles. The minimum Gasteiger partial charge on any atom is -0.481 e. The van der Waals surface area contributed by atoms with Gasteiger partial charge in [-0.25, -0.2) is 0 Å². The summed E-state index contributed by atoms with van der Waals surface area (Å²) in [6.07, 6.45) is 0.396. The molecule has 114 valence electrons. The number of carbonyl (C=O) groups is 2. The molecule has 0 bridgehead atoms. The van der Waals surface area contributed by atoms with E-state index >= 15 is 0 Å². The van der Waals surface area contributed by atoms with Gasteiger partial charge in [-0.1, -0.05) is 22.0 Å². The molecule has 1 amide bonds. The number of amides is 1. The van der Waals surface area contributed by atoms with Crippen molar-refractivity contribution in [3.63, 3.8) is 0 Å². The van der Waals surface area contributed by atoms with E-state index in [1.807, 2.05) is 13.0 Å². The van der Waals surface area contributed by atoms with Gasteiger partial charge < -0.3 is 14.7 Å². The van der Waals surface area contributed by atoms with E-state index in [0.717, 1.165) is 10.0 Å². The first-order valence-electron chi connectivity index (χ1n) is 6.74.